The van der Waals surface area contributed by atoms with Gasteiger partial charge >= 0.3 is 0 Å². The summed E-state index contributed by atoms with van der Waals surface area (Å²) >= 11 is 0. The van der Waals surface area contributed by atoms with Gasteiger partial charge in [-0.15, -0.1) is 47.5 Å². The fraction of sp³-hybridized carbons (Fsp3) is 0.0811. The van der Waals surface area contributed by atoms with Crippen LogP contribution in [0.2, 0.25) is 0 Å². The van der Waals surface area contributed by atoms with Gasteiger partial charge in [0, 0.05) is 37.9 Å². The number of aryl methyl sites for hydroxylation is 3. The molecule has 0 fully saturated rings. The summed E-state index contributed by atoms with van der Waals surface area (Å²) < 4.78 is 5.97. The first-order valence-electron chi connectivity index (χ1n) is 13.3. The van der Waals surface area contributed by atoms with E-state index in [1.54, 1.807) is 6.20 Å². The van der Waals surface area contributed by atoms with Crippen LogP contribution in [0, 0.1) is 32.9 Å². The molecule has 7 rings (SSSR count). The SMILES string of the molecule is Cc1cnc(-c2[c-]cc(C)c(-c3ccccc3)c2)cc1C.[Ir].[c-]1ccc2c(oc3ccccc32)c1-c1ccccn1. The van der Waals surface area contributed by atoms with Crippen LogP contribution in [0.1, 0.15) is 16.7 Å². The smallest absolute Gasteiger partial charge is 0.120 e. The van der Waals surface area contributed by atoms with Crippen LogP contribution in [-0.2, 0) is 20.1 Å². The van der Waals surface area contributed by atoms with Gasteiger partial charge in [-0.25, -0.2) is 0 Å². The van der Waals surface area contributed by atoms with Crippen LogP contribution >= 0.6 is 0 Å². The number of furan rings is 1. The predicted octanol–water partition coefficient (Wildman–Crippen LogP) is 9.59. The quantitative estimate of drug-likeness (QED) is 0.172. The molecule has 0 N–H and O–H groups in total. The van der Waals surface area contributed by atoms with E-state index in [2.05, 4.69) is 91.4 Å². The van der Waals surface area contributed by atoms with Gasteiger partial charge in [0.2, 0.25) is 0 Å². The van der Waals surface area contributed by atoms with E-state index in [4.69, 9.17) is 4.42 Å². The summed E-state index contributed by atoms with van der Waals surface area (Å²) in [7, 11) is 0. The molecular weight excluding hydrogens is 681 g/mol. The molecular formula is C37H28IrN2O-2. The van der Waals surface area contributed by atoms with E-state index in [0.717, 1.165) is 44.5 Å². The van der Waals surface area contributed by atoms with E-state index in [-0.39, 0.29) is 20.1 Å². The molecule has 4 aromatic carbocycles. The Morgan fingerprint density at radius 1 is 0.659 bits per heavy atom. The van der Waals surface area contributed by atoms with Gasteiger partial charge < -0.3 is 14.4 Å². The van der Waals surface area contributed by atoms with Gasteiger partial charge in [0.25, 0.3) is 0 Å². The molecule has 0 bridgehead atoms. The van der Waals surface area contributed by atoms with Crippen LogP contribution in [0.15, 0.2) is 120 Å². The molecule has 0 unspecified atom stereocenters. The zero-order valence-electron chi connectivity index (χ0n) is 23.1. The van der Waals surface area contributed by atoms with Gasteiger partial charge in [0.05, 0.1) is 5.58 Å². The Balaban J connectivity index is 0.000000161. The molecule has 203 valence electrons. The van der Waals surface area contributed by atoms with Crippen LogP contribution in [0.25, 0.3) is 55.6 Å². The molecule has 4 heteroatoms. The van der Waals surface area contributed by atoms with Gasteiger partial charge in [-0.1, -0.05) is 95.7 Å². The van der Waals surface area contributed by atoms with Crippen LogP contribution in [0.4, 0.5) is 0 Å². The Bertz CT molecular complexity index is 1930. The van der Waals surface area contributed by atoms with E-state index < -0.39 is 0 Å². The molecule has 0 aliphatic rings. The van der Waals surface area contributed by atoms with Gasteiger partial charge in [0.15, 0.2) is 0 Å². The van der Waals surface area contributed by atoms with Crippen molar-refractivity contribution in [3.05, 3.63) is 144 Å². The van der Waals surface area contributed by atoms with Crippen molar-refractivity contribution in [3.63, 3.8) is 0 Å². The average molecular weight is 709 g/mol. The summed E-state index contributed by atoms with van der Waals surface area (Å²) in [6.45, 7) is 6.32. The Morgan fingerprint density at radius 3 is 2.22 bits per heavy atom. The summed E-state index contributed by atoms with van der Waals surface area (Å²) in [5, 5.41) is 2.23. The summed E-state index contributed by atoms with van der Waals surface area (Å²) in [5.74, 6) is 0. The van der Waals surface area contributed by atoms with Gasteiger partial charge in [-0.05, 0) is 48.5 Å². The van der Waals surface area contributed by atoms with E-state index in [9.17, 15) is 0 Å². The Kier molecular flexibility index (Phi) is 8.54. The number of benzene rings is 4. The zero-order valence-corrected chi connectivity index (χ0v) is 25.5. The van der Waals surface area contributed by atoms with E-state index in [0.29, 0.717) is 0 Å². The molecule has 0 atom stereocenters. The van der Waals surface area contributed by atoms with Crippen molar-refractivity contribution in [2.45, 2.75) is 20.8 Å². The normalized spacial score (nSPS) is 10.6. The van der Waals surface area contributed by atoms with Gasteiger partial charge in [0.1, 0.15) is 5.58 Å². The maximum Gasteiger partial charge on any atom is 0.120 e. The Labute approximate surface area is 254 Å². The second kappa shape index (κ2) is 12.4. The van der Waals surface area contributed by atoms with Crippen molar-refractivity contribution in [1.82, 2.24) is 9.97 Å². The van der Waals surface area contributed by atoms with Crippen LogP contribution in [0.3, 0.4) is 0 Å². The molecule has 3 nitrogen and oxygen atoms in total. The summed E-state index contributed by atoms with van der Waals surface area (Å²) in [6, 6.07) is 41.3. The number of hydrogen-bond donors (Lipinski definition) is 0. The van der Waals surface area contributed by atoms with Crippen molar-refractivity contribution < 1.29 is 24.5 Å². The molecule has 3 aromatic heterocycles. The van der Waals surface area contributed by atoms with E-state index >= 15 is 0 Å². The molecule has 0 aliphatic heterocycles. The third-order valence-corrected chi connectivity index (χ3v) is 7.15. The molecule has 3 heterocycles. The fourth-order valence-corrected chi connectivity index (χ4v) is 4.80. The number of pyridine rings is 2. The molecule has 0 aliphatic carbocycles. The molecule has 0 saturated heterocycles. The minimum Gasteiger partial charge on any atom is -0.501 e. The Morgan fingerprint density at radius 2 is 1.44 bits per heavy atom. The second-order valence-electron chi connectivity index (χ2n) is 9.87. The minimum absolute atomic E-state index is 0. The number of nitrogens with zero attached hydrogens (tertiary/aromatic N) is 2. The topological polar surface area (TPSA) is 38.9 Å². The maximum absolute atomic E-state index is 5.97. The first-order valence-corrected chi connectivity index (χ1v) is 13.3. The van der Waals surface area contributed by atoms with Crippen LogP contribution in [-0.4, -0.2) is 9.97 Å². The third kappa shape index (κ3) is 5.90. The van der Waals surface area contributed by atoms with Crippen LogP contribution < -0.4 is 0 Å². The van der Waals surface area contributed by atoms with Crippen LogP contribution in [0.5, 0.6) is 0 Å². The van der Waals surface area contributed by atoms with Crippen molar-refractivity contribution in [1.29, 1.82) is 0 Å². The summed E-state index contributed by atoms with van der Waals surface area (Å²) in [4.78, 5) is 8.92. The molecule has 1 radical (unpaired) electrons. The number of rotatable bonds is 3. The zero-order chi connectivity index (χ0) is 27.5. The summed E-state index contributed by atoms with van der Waals surface area (Å²) in [5.41, 5.74) is 11.7. The first-order chi connectivity index (χ1) is 19.6. The van der Waals surface area contributed by atoms with Crippen molar-refractivity contribution >= 4 is 21.9 Å². The second-order valence-corrected chi connectivity index (χ2v) is 9.87. The molecule has 7 aromatic rings. The molecule has 0 spiro atoms. The number of fused-ring (bicyclic) bond motifs is 3. The standard InChI is InChI=1S/C20H18N.C17H10NO.Ir/c1-14-9-10-18(20-11-15(2)16(3)13-21-20)12-19(14)17-7-5-4-6-8-17;1-2-10-16-12(6-1)13-7-5-8-14(17(13)19-16)15-9-3-4-11-18-15;/h4-9,11-13H,1-3H3;1-7,9-11H;/q2*-1;. The number of hydrogen-bond acceptors (Lipinski definition) is 3. The predicted molar refractivity (Wildman–Crippen MR) is 164 cm³/mol. The monoisotopic (exact) mass is 709 g/mol. The Hall–Kier alpha value is -4.37. The maximum atomic E-state index is 5.97. The van der Waals surface area contributed by atoms with Crippen molar-refractivity contribution in [2.75, 3.05) is 0 Å². The van der Waals surface area contributed by atoms with Crippen molar-refractivity contribution in [2.24, 2.45) is 0 Å². The third-order valence-electron chi connectivity index (χ3n) is 7.15. The summed E-state index contributed by atoms with van der Waals surface area (Å²) in [6.07, 6.45) is 3.71. The van der Waals surface area contributed by atoms with Gasteiger partial charge in [-0.3, -0.25) is 0 Å². The van der Waals surface area contributed by atoms with E-state index in [1.807, 2.05) is 60.8 Å². The van der Waals surface area contributed by atoms with E-state index in [1.165, 1.54) is 27.8 Å². The molecule has 41 heavy (non-hydrogen) atoms. The average Bonchev–Trinajstić information content (AvgIpc) is 3.39. The fourth-order valence-electron chi connectivity index (χ4n) is 4.80. The number of para-hydroxylation sites is 1. The van der Waals surface area contributed by atoms with Gasteiger partial charge in [-0.2, -0.15) is 0 Å². The molecule has 0 saturated carbocycles. The number of aromatic nitrogens is 2. The molecule has 0 amide bonds. The largest absolute Gasteiger partial charge is 0.501 e. The van der Waals surface area contributed by atoms with Crippen molar-refractivity contribution in [3.8, 4) is 33.6 Å². The minimum atomic E-state index is 0. The first kappa shape index (κ1) is 28.2.